The molecule has 1 atom stereocenters. The predicted molar refractivity (Wildman–Crippen MR) is 48.9 cm³/mol. The lowest BCUT2D eigenvalue weighted by Gasteiger charge is -2.06. The van der Waals surface area contributed by atoms with Crippen molar-refractivity contribution in [3.63, 3.8) is 0 Å². The maximum absolute atomic E-state index is 10.5. The zero-order valence-corrected chi connectivity index (χ0v) is 7.10. The highest BCUT2D eigenvalue weighted by Gasteiger charge is 2.12. The molecule has 70 valence electrons. The van der Waals surface area contributed by atoms with Gasteiger partial charge in [0.15, 0.2) is 0 Å². The van der Waals surface area contributed by atoms with Crippen molar-refractivity contribution in [1.82, 2.24) is 0 Å². The summed E-state index contributed by atoms with van der Waals surface area (Å²) in [6.45, 7) is 0.447. The zero-order valence-electron chi connectivity index (χ0n) is 7.10. The average Bonchev–Trinajstić information content (AvgIpc) is 2.17. The second-order valence-electron chi connectivity index (χ2n) is 2.76. The number of carboxylic acid groups (broad SMARTS) is 1. The first kappa shape index (κ1) is 9.70. The SMILES string of the molecule is NCc1ccc(C(N)C(=O)O)cc1. The van der Waals surface area contributed by atoms with E-state index < -0.39 is 12.0 Å². The van der Waals surface area contributed by atoms with Crippen LogP contribution in [0.1, 0.15) is 17.2 Å². The first-order valence-corrected chi connectivity index (χ1v) is 3.92. The summed E-state index contributed by atoms with van der Waals surface area (Å²) in [6, 6.07) is 5.96. The van der Waals surface area contributed by atoms with E-state index in [9.17, 15) is 4.79 Å². The summed E-state index contributed by atoms with van der Waals surface area (Å²) in [5.74, 6) is -1.03. The van der Waals surface area contributed by atoms with Crippen LogP contribution in [0.5, 0.6) is 0 Å². The molecule has 0 amide bonds. The summed E-state index contributed by atoms with van der Waals surface area (Å²) in [6.07, 6.45) is 0. The number of aliphatic carboxylic acids is 1. The molecule has 0 radical (unpaired) electrons. The van der Waals surface area contributed by atoms with E-state index in [0.29, 0.717) is 12.1 Å². The Morgan fingerprint density at radius 1 is 1.38 bits per heavy atom. The Kier molecular flexibility index (Phi) is 3.00. The summed E-state index contributed by atoms with van der Waals surface area (Å²) in [5.41, 5.74) is 12.3. The molecule has 0 spiro atoms. The molecule has 5 N–H and O–H groups in total. The number of nitrogens with two attached hydrogens (primary N) is 2. The summed E-state index contributed by atoms with van der Waals surface area (Å²) >= 11 is 0. The molecule has 1 unspecified atom stereocenters. The summed E-state index contributed by atoms with van der Waals surface area (Å²) in [7, 11) is 0. The van der Waals surface area contributed by atoms with E-state index in [0.717, 1.165) is 5.56 Å². The number of rotatable bonds is 3. The average molecular weight is 180 g/mol. The molecule has 4 heteroatoms. The highest BCUT2D eigenvalue weighted by atomic mass is 16.4. The molecule has 0 heterocycles. The van der Waals surface area contributed by atoms with Crippen molar-refractivity contribution in [2.75, 3.05) is 0 Å². The van der Waals surface area contributed by atoms with Gasteiger partial charge in [-0.25, -0.2) is 0 Å². The monoisotopic (exact) mass is 180 g/mol. The summed E-state index contributed by atoms with van der Waals surface area (Å²) in [5, 5.41) is 8.61. The van der Waals surface area contributed by atoms with Crippen LogP contribution in [0.4, 0.5) is 0 Å². The first-order valence-electron chi connectivity index (χ1n) is 3.92. The van der Waals surface area contributed by atoms with Crippen molar-refractivity contribution in [2.45, 2.75) is 12.6 Å². The largest absolute Gasteiger partial charge is 0.480 e. The van der Waals surface area contributed by atoms with Gasteiger partial charge in [-0.3, -0.25) is 4.79 Å². The van der Waals surface area contributed by atoms with Gasteiger partial charge in [-0.1, -0.05) is 24.3 Å². The van der Waals surface area contributed by atoms with Gasteiger partial charge in [0.1, 0.15) is 6.04 Å². The van der Waals surface area contributed by atoms with Crippen LogP contribution in [0.25, 0.3) is 0 Å². The Bertz CT molecular complexity index is 295. The molecule has 0 saturated carbocycles. The molecule has 1 aromatic carbocycles. The van der Waals surface area contributed by atoms with Crippen LogP contribution in [0.2, 0.25) is 0 Å². The molecule has 1 rings (SSSR count). The Hall–Kier alpha value is -1.39. The van der Waals surface area contributed by atoms with Crippen molar-refractivity contribution >= 4 is 5.97 Å². The summed E-state index contributed by atoms with van der Waals surface area (Å²) in [4.78, 5) is 10.5. The number of carboxylic acids is 1. The molecule has 0 aliphatic carbocycles. The molecule has 0 saturated heterocycles. The fourth-order valence-electron chi connectivity index (χ4n) is 1.00. The Morgan fingerprint density at radius 3 is 2.31 bits per heavy atom. The van der Waals surface area contributed by atoms with Gasteiger partial charge in [-0.15, -0.1) is 0 Å². The van der Waals surface area contributed by atoms with Crippen LogP contribution in [0, 0.1) is 0 Å². The van der Waals surface area contributed by atoms with E-state index in [4.69, 9.17) is 16.6 Å². The maximum Gasteiger partial charge on any atom is 0.325 e. The topological polar surface area (TPSA) is 89.3 Å². The third kappa shape index (κ3) is 2.27. The lowest BCUT2D eigenvalue weighted by Crippen LogP contribution is -2.20. The van der Waals surface area contributed by atoms with Crippen molar-refractivity contribution in [3.05, 3.63) is 35.4 Å². The van der Waals surface area contributed by atoms with Gasteiger partial charge >= 0.3 is 5.97 Å². The molecule has 0 aromatic heterocycles. The van der Waals surface area contributed by atoms with Gasteiger partial charge in [0.2, 0.25) is 0 Å². The second kappa shape index (κ2) is 4.02. The molecular weight excluding hydrogens is 168 g/mol. The molecule has 0 aliphatic heterocycles. The number of benzene rings is 1. The van der Waals surface area contributed by atoms with E-state index in [-0.39, 0.29) is 0 Å². The van der Waals surface area contributed by atoms with Crippen molar-refractivity contribution < 1.29 is 9.90 Å². The van der Waals surface area contributed by atoms with Gasteiger partial charge in [-0.05, 0) is 11.1 Å². The first-order chi connectivity index (χ1) is 6.15. The number of carbonyl (C=O) groups is 1. The van der Waals surface area contributed by atoms with Crippen molar-refractivity contribution in [2.24, 2.45) is 11.5 Å². The van der Waals surface area contributed by atoms with Gasteiger partial charge in [0.25, 0.3) is 0 Å². The van der Waals surface area contributed by atoms with Crippen molar-refractivity contribution in [3.8, 4) is 0 Å². The van der Waals surface area contributed by atoms with Gasteiger partial charge in [0.05, 0.1) is 0 Å². The van der Waals surface area contributed by atoms with Gasteiger partial charge < -0.3 is 16.6 Å². The smallest absolute Gasteiger partial charge is 0.325 e. The fraction of sp³-hybridized carbons (Fsp3) is 0.222. The van der Waals surface area contributed by atoms with Crippen LogP contribution in [-0.4, -0.2) is 11.1 Å². The van der Waals surface area contributed by atoms with Crippen LogP contribution in [0.3, 0.4) is 0 Å². The quantitative estimate of drug-likeness (QED) is 0.621. The van der Waals surface area contributed by atoms with E-state index >= 15 is 0 Å². The minimum Gasteiger partial charge on any atom is -0.480 e. The van der Waals surface area contributed by atoms with Gasteiger partial charge in [0, 0.05) is 6.54 Å². The van der Waals surface area contributed by atoms with Crippen LogP contribution in [-0.2, 0) is 11.3 Å². The van der Waals surface area contributed by atoms with Crippen LogP contribution >= 0.6 is 0 Å². The lowest BCUT2D eigenvalue weighted by atomic mass is 10.1. The van der Waals surface area contributed by atoms with Crippen LogP contribution in [0.15, 0.2) is 24.3 Å². The highest BCUT2D eigenvalue weighted by molar-refractivity contribution is 5.75. The normalized spacial score (nSPS) is 12.5. The highest BCUT2D eigenvalue weighted by Crippen LogP contribution is 2.11. The van der Waals surface area contributed by atoms with E-state index in [1.54, 1.807) is 24.3 Å². The number of hydrogen-bond acceptors (Lipinski definition) is 3. The molecule has 13 heavy (non-hydrogen) atoms. The molecule has 0 bridgehead atoms. The molecule has 1 aromatic rings. The molecule has 0 aliphatic rings. The minimum atomic E-state index is -1.03. The zero-order chi connectivity index (χ0) is 9.84. The maximum atomic E-state index is 10.5. The Labute approximate surface area is 76.2 Å². The predicted octanol–water partition coefficient (Wildman–Crippen LogP) is 0.230. The lowest BCUT2D eigenvalue weighted by molar-refractivity contribution is -0.138. The second-order valence-corrected chi connectivity index (χ2v) is 2.76. The molecule has 0 fully saturated rings. The van der Waals surface area contributed by atoms with E-state index in [1.807, 2.05) is 0 Å². The standard InChI is InChI=1S/C9H12N2O2/c10-5-6-1-3-7(4-2-6)8(11)9(12)13/h1-4,8H,5,10-11H2,(H,12,13). The molecular formula is C9H12N2O2. The van der Waals surface area contributed by atoms with Crippen molar-refractivity contribution in [1.29, 1.82) is 0 Å². The third-order valence-electron chi connectivity index (χ3n) is 1.84. The molecule has 4 nitrogen and oxygen atoms in total. The Morgan fingerprint density at radius 2 is 1.92 bits per heavy atom. The number of hydrogen-bond donors (Lipinski definition) is 3. The Balaban J connectivity index is 2.85. The minimum absolute atomic E-state index is 0.447. The fourth-order valence-corrected chi connectivity index (χ4v) is 1.00. The van der Waals surface area contributed by atoms with Crippen LogP contribution < -0.4 is 11.5 Å². The van der Waals surface area contributed by atoms with Gasteiger partial charge in [-0.2, -0.15) is 0 Å². The third-order valence-corrected chi connectivity index (χ3v) is 1.84. The van der Waals surface area contributed by atoms with E-state index in [2.05, 4.69) is 0 Å². The van der Waals surface area contributed by atoms with E-state index in [1.165, 1.54) is 0 Å². The summed E-state index contributed by atoms with van der Waals surface area (Å²) < 4.78 is 0.